The molecular formula is C25H24FN5O3. The third-order valence-electron chi connectivity index (χ3n) is 5.70. The molecule has 0 saturated heterocycles. The van der Waals surface area contributed by atoms with E-state index in [0.717, 1.165) is 11.4 Å². The first kappa shape index (κ1) is 23.1. The van der Waals surface area contributed by atoms with E-state index in [9.17, 15) is 14.3 Å². The number of benzene rings is 2. The van der Waals surface area contributed by atoms with E-state index >= 15 is 0 Å². The minimum atomic E-state index is -0.875. The van der Waals surface area contributed by atoms with Gasteiger partial charge in [-0.1, -0.05) is 18.2 Å². The number of pyridine rings is 1. The first-order valence-electron chi connectivity index (χ1n) is 10.6. The monoisotopic (exact) mass is 461 g/mol. The van der Waals surface area contributed by atoms with Crippen molar-refractivity contribution in [3.63, 3.8) is 0 Å². The van der Waals surface area contributed by atoms with Gasteiger partial charge in [-0.15, -0.1) is 0 Å². The largest absolute Gasteiger partial charge is 0.495 e. The SMILES string of the molecule is COc1cc(C(N=N)c2cccn(C(CO)c3ccc(F)cc3)c2=O)ccc1-n1cnc(C)c1. The van der Waals surface area contributed by atoms with Crippen LogP contribution in [-0.2, 0) is 0 Å². The summed E-state index contributed by atoms with van der Waals surface area (Å²) in [5.74, 6) is 0.136. The molecule has 0 amide bonds. The minimum absolute atomic E-state index is 0.270. The molecule has 0 saturated carbocycles. The van der Waals surface area contributed by atoms with Crippen LogP contribution in [0.1, 0.15) is 34.5 Å². The molecule has 0 aliphatic carbocycles. The molecular weight excluding hydrogens is 437 g/mol. The van der Waals surface area contributed by atoms with Crippen LogP contribution in [0.2, 0.25) is 0 Å². The van der Waals surface area contributed by atoms with Crippen molar-refractivity contribution in [2.24, 2.45) is 5.11 Å². The zero-order valence-electron chi connectivity index (χ0n) is 18.7. The van der Waals surface area contributed by atoms with Gasteiger partial charge in [0.2, 0.25) is 0 Å². The molecule has 9 heteroatoms. The maximum Gasteiger partial charge on any atom is 0.256 e. The molecule has 174 valence electrons. The number of rotatable bonds is 8. The number of aliphatic hydroxyl groups is 1. The molecule has 0 aliphatic rings. The van der Waals surface area contributed by atoms with E-state index in [1.54, 1.807) is 43.9 Å². The maximum absolute atomic E-state index is 13.4. The highest BCUT2D eigenvalue weighted by Crippen LogP contribution is 2.31. The fourth-order valence-corrected chi connectivity index (χ4v) is 3.97. The van der Waals surface area contributed by atoms with Crippen molar-refractivity contribution in [1.29, 1.82) is 5.53 Å². The van der Waals surface area contributed by atoms with Gasteiger partial charge in [-0.3, -0.25) is 4.79 Å². The molecule has 2 aromatic carbocycles. The number of ether oxygens (including phenoxy) is 1. The fraction of sp³-hybridized carbons (Fsp3) is 0.200. The number of aliphatic hydroxyl groups excluding tert-OH is 1. The third-order valence-corrected chi connectivity index (χ3v) is 5.70. The lowest BCUT2D eigenvalue weighted by molar-refractivity contribution is 0.246. The smallest absolute Gasteiger partial charge is 0.256 e. The van der Waals surface area contributed by atoms with Crippen molar-refractivity contribution in [3.8, 4) is 11.4 Å². The van der Waals surface area contributed by atoms with Crippen molar-refractivity contribution >= 4 is 0 Å². The zero-order chi connectivity index (χ0) is 24.2. The Morgan fingerprint density at radius 3 is 2.53 bits per heavy atom. The summed E-state index contributed by atoms with van der Waals surface area (Å²) in [6.07, 6.45) is 5.10. The fourth-order valence-electron chi connectivity index (χ4n) is 3.97. The van der Waals surface area contributed by atoms with Gasteiger partial charge < -0.3 is 19.0 Å². The average molecular weight is 461 g/mol. The van der Waals surface area contributed by atoms with E-state index in [2.05, 4.69) is 10.1 Å². The number of nitrogens with zero attached hydrogens (tertiary/aromatic N) is 4. The normalized spacial score (nSPS) is 12.8. The van der Waals surface area contributed by atoms with E-state index in [-0.39, 0.29) is 12.2 Å². The summed E-state index contributed by atoms with van der Waals surface area (Å²) < 4.78 is 22.1. The van der Waals surface area contributed by atoms with Crippen LogP contribution in [0.25, 0.3) is 5.69 Å². The Kier molecular flexibility index (Phi) is 6.65. The van der Waals surface area contributed by atoms with Crippen molar-refractivity contribution in [3.05, 3.63) is 112 Å². The standard InChI is InChI=1S/C25H24FN5O3/c1-16-13-30(15-28-16)21-10-7-18(12-23(21)34-2)24(29-27)20-4-3-11-31(25(20)33)22(14-32)17-5-8-19(26)9-6-17/h3-13,15,22,24,27,32H,14H2,1-2H3. The number of aromatic nitrogens is 3. The van der Waals surface area contributed by atoms with Gasteiger partial charge in [0.05, 0.1) is 37.5 Å². The summed E-state index contributed by atoms with van der Waals surface area (Å²) in [6, 6.07) is 12.7. The summed E-state index contributed by atoms with van der Waals surface area (Å²) in [6.45, 7) is 1.53. The highest BCUT2D eigenvalue weighted by molar-refractivity contribution is 5.51. The van der Waals surface area contributed by atoms with Gasteiger partial charge in [0.15, 0.2) is 0 Å². The number of halogens is 1. The lowest BCUT2D eigenvalue weighted by Gasteiger charge is -2.20. The van der Waals surface area contributed by atoms with E-state index in [0.29, 0.717) is 16.9 Å². The number of imidazole rings is 1. The Bertz CT molecular complexity index is 1360. The van der Waals surface area contributed by atoms with E-state index < -0.39 is 23.5 Å². The summed E-state index contributed by atoms with van der Waals surface area (Å²) in [4.78, 5) is 17.7. The van der Waals surface area contributed by atoms with Gasteiger partial charge in [-0.05, 0) is 54.4 Å². The Hall–Kier alpha value is -4.11. The molecule has 0 radical (unpaired) electrons. The van der Waals surface area contributed by atoms with Gasteiger partial charge in [-0.25, -0.2) is 14.9 Å². The molecule has 2 N–H and O–H groups in total. The first-order chi connectivity index (χ1) is 16.5. The molecule has 4 rings (SSSR count). The molecule has 8 nitrogen and oxygen atoms in total. The number of nitrogens with one attached hydrogen (secondary N) is 1. The molecule has 2 unspecified atom stereocenters. The number of hydrogen-bond acceptors (Lipinski definition) is 6. The molecule has 4 aromatic rings. The van der Waals surface area contributed by atoms with Crippen LogP contribution < -0.4 is 10.3 Å². The second-order valence-corrected chi connectivity index (χ2v) is 7.81. The quantitative estimate of drug-likeness (QED) is 0.384. The average Bonchev–Trinajstić information content (AvgIpc) is 3.29. The van der Waals surface area contributed by atoms with Crippen LogP contribution in [0, 0.1) is 18.3 Å². The lowest BCUT2D eigenvalue weighted by Crippen LogP contribution is -2.30. The molecule has 2 aromatic heterocycles. The Balaban J connectivity index is 1.76. The minimum Gasteiger partial charge on any atom is -0.495 e. The van der Waals surface area contributed by atoms with Crippen LogP contribution in [-0.4, -0.2) is 32.9 Å². The Labute approximate surface area is 195 Å². The van der Waals surface area contributed by atoms with Crippen LogP contribution in [0.5, 0.6) is 5.75 Å². The summed E-state index contributed by atoms with van der Waals surface area (Å²) in [7, 11) is 1.54. The molecule has 34 heavy (non-hydrogen) atoms. The lowest BCUT2D eigenvalue weighted by atomic mass is 9.99. The van der Waals surface area contributed by atoms with Crippen molar-refractivity contribution in [2.75, 3.05) is 13.7 Å². The molecule has 2 atom stereocenters. The predicted octanol–water partition coefficient (Wildman–Crippen LogP) is 4.19. The summed E-state index contributed by atoms with van der Waals surface area (Å²) >= 11 is 0. The Morgan fingerprint density at radius 2 is 1.91 bits per heavy atom. The first-order valence-corrected chi connectivity index (χ1v) is 10.6. The summed E-state index contributed by atoms with van der Waals surface area (Å²) in [5.41, 5.74) is 10.5. The van der Waals surface area contributed by atoms with Gasteiger partial charge in [0.25, 0.3) is 5.56 Å². The van der Waals surface area contributed by atoms with Crippen LogP contribution in [0.3, 0.4) is 0 Å². The molecule has 0 spiro atoms. The number of aryl methyl sites for hydroxylation is 1. The van der Waals surface area contributed by atoms with E-state index in [4.69, 9.17) is 10.3 Å². The van der Waals surface area contributed by atoms with E-state index in [1.807, 2.05) is 23.8 Å². The van der Waals surface area contributed by atoms with Crippen molar-refractivity contribution in [2.45, 2.75) is 19.0 Å². The van der Waals surface area contributed by atoms with E-state index in [1.165, 1.54) is 28.8 Å². The molecule has 0 fully saturated rings. The van der Waals surface area contributed by atoms with Crippen molar-refractivity contribution < 1.29 is 14.2 Å². The molecule has 0 aliphatic heterocycles. The van der Waals surface area contributed by atoms with Crippen LogP contribution in [0.4, 0.5) is 4.39 Å². The predicted molar refractivity (Wildman–Crippen MR) is 124 cm³/mol. The second-order valence-electron chi connectivity index (χ2n) is 7.81. The summed E-state index contributed by atoms with van der Waals surface area (Å²) in [5, 5.41) is 13.7. The highest BCUT2D eigenvalue weighted by Gasteiger charge is 2.22. The number of methoxy groups -OCH3 is 1. The van der Waals surface area contributed by atoms with Crippen molar-refractivity contribution in [1.82, 2.24) is 14.1 Å². The molecule has 0 bridgehead atoms. The third kappa shape index (κ3) is 4.38. The van der Waals surface area contributed by atoms with Gasteiger partial charge >= 0.3 is 0 Å². The highest BCUT2D eigenvalue weighted by atomic mass is 19.1. The molecule has 2 heterocycles. The van der Waals surface area contributed by atoms with Gasteiger partial charge in [0.1, 0.15) is 17.6 Å². The van der Waals surface area contributed by atoms with Gasteiger partial charge in [0, 0.05) is 18.0 Å². The van der Waals surface area contributed by atoms with Gasteiger partial charge in [-0.2, -0.15) is 5.11 Å². The zero-order valence-corrected chi connectivity index (χ0v) is 18.7. The van der Waals surface area contributed by atoms with Crippen LogP contribution >= 0.6 is 0 Å². The topological polar surface area (TPSA) is 105 Å². The second kappa shape index (κ2) is 9.80. The maximum atomic E-state index is 13.4. The van der Waals surface area contributed by atoms with Crippen LogP contribution in [0.15, 0.2) is 83.2 Å². The Morgan fingerprint density at radius 1 is 1.18 bits per heavy atom. The number of hydrogen-bond donors (Lipinski definition) is 2.